The van der Waals surface area contributed by atoms with E-state index in [0.717, 1.165) is 6.42 Å². The van der Waals surface area contributed by atoms with E-state index in [1.807, 2.05) is 7.05 Å². The van der Waals surface area contributed by atoms with Gasteiger partial charge in [-0.05, 0) is 19.9 Å². The maximum absolute atomic E-state index is 11.7. The molecule has 0 saturated carbocycles. The second kappa shape index (κ2) is 4.31. The van der Waals surface area contributed by atoms with Gasteiger partial charge in [-0.25, -0.2) is 0 Å². The van der Waals surface area contributed by atoms with Gasteiger partial charge in [0.2, 0.25) is 0 Å². The molecule has 0 radical (unpaired) electrons. The van der Waals surface area contributed by atoms with Crippen LogP contribution < -0.4 is 0 Å². The van der Waals surface area contributed by atoms with E-state index in [1.165, 1.54) is 7.11 Å². The number of hydrogen-bond donors (Lipinski definition) is 1. The standard InChI is InChI=1S/C11H19NO4/c1-12-6-4-7(13)9(11(14)16-3)10(12)8(5-6)15-2/h6-10,13H,4-5H2,1-3H3/t6-,7+,8-,9+,10-/m1/s1. The first kappa shape index (κ1) is 11.8. The molecule has 2 aliphatic rings. The van der Waals surface area contributed by atoms with E-state index < -0.39 is 12.0 Å². The van der Waals surface area contributed by atoms with Gasteiger partial charge in [-0.2, -0.15) is 0 Å². The fourth-order valence-electron chi connectivity index (χ4n) is 3.15. The Morgan fingerprint density at radius 1 is 1.38 bits per heavy atom. The maximum Gasteiger partial charge on any atom is 0.313 e. The molecule has 0 spiro atoms. The Morgan fingerprint density at radius 2 is 2.06 bits per heavy atom. The molecule has 5 heteroatoms. The molecular weight excluding hydrogens is 210 g/mol. The van der Waals surface area contributed by atoms with E-state index >= 15 is 0 Å². The number of likely N-dealkylation sites (N-methyl/N-ethyl adjacent to an activating group) is 1. The fraction of sp³-hybridized carbons (Fsp3) is 0.909. The van der Waals surface area contributed by atoms with E-state index in [2.05, 4.69) is 4.90 Å². The number of piperidine rings is 1. The highest BCUT2D eigenvalue weighted by atomic mass is 16.5. The summed E-state index contributed by atoms with van der Waals surface area (Å²) < 4.78 is 10.2. The van der Waals surface area contributed by atoms with Crippen molar-refractivity contribution in [2.75, 3.05) is 21.3 Å². The summed E-state index contributed by atoms with van der Waals surface area (Å²) >= 11 is 0. The molecule has 5 atom stereocenters. The molecule has 2 bridgehead atoms. The van der Waals surface area contributed by atoms with Crippen LogP contribution in [0.25, 0.3) is 0 Å². The SMILES string of the molecule is COC(=O)[C@@H]1[C@H]2[C@H](OC)C[C@@H](C[C@@H]1O)N2C. The van der Waals surface area contributed by atoms with Crippen LogP contribution in [0.5, 0.6) is 0 Å². The van der Waals surface area contributed by atoms with Gasteiger partial charge in [0.1, 0.15) is 5.92 Å². The van der Waals surface area contributed by atoms with Gasteiger partial charge in [0.15, 0.2) is 0 Å². The third-order valence-corrected chi connectivity index (χ3v) is 4.00. The fourth-order valence-corrected chi connectivity index (χ4v) is 3.15. The number of aliphatic hydroxyl groups is 1. The summed E-state index contributed by atoms with van der Waals surface area (Å²) in [5, 5.41) is 10.00. The molecule has 0 aromatic carbocycles. The van der Waals surface area contributed by atoms with Crippen molar-refractivity contribution >= 4 is 5.97 Å². The molecule has 2 fully saturated rings. The van der Waals surface area contributed by atoms with Gasteiger partial charge in [-0.3, -0.25) is 9.69 Å². The average molecular weight is 229 g/mol. The zero-order valence-corrected chi connectivity index (χ0v) is 9.92. The molecular formula is C11H19NO4. The van der Waals surface area contributed by atoms with Crippen molar-refractivity contribution in [2.45, 2.75) is 37.1 Å². The molecule has 0 unspecified atom stereocenters. The monoisotopic (exact) mass is 229 g/mol. The Balaban J connectivity index is 2.25. The summed E-state index contributed by atoms with van der Waals surface area (Å²) in [6, 6.07) is 0.247. The lowest BCUT2D eigenvalue weighted by Crippen LogP contribution is -2.54. The molecule has 92 valence electrons. The zero-order valence-electron chi connectivity index (χ0n) is 9.92. The summed E-state index contributed by atoms with van der Waals surface area (Å²) in [5.41, 5.74) is 0. The van der Waals surface area contributed by atoms with Gasteiger partial charge in [0.05, 0.1) is 25.4 Å². The third kappa shape index (κ3) is 1.63. The van der Waals surface area contributed by atoms with Crippen LogP contribution in [-0.4, -0.2) is 61.5 Å². The van der Waals surface area contributed by atoms with Crippen molar-refractivity contribution in [3.8, 4) is 0 Å². The van der Waals surface area contributed by atoms with Gasteiger partial charge < -0.3 is 14.6 Å². The highest BCUT2D eigenvalue weighted by molar-refractivity contribution is 5.74. The number of aliphatic hydroxyl groups excluding tert-OH is 1. The van der Waals surface area contributed by atoms with Crippen molar-refractivity contribution in [3.05, 3.63) is 0 Å². The molecule has 1 N–H and O–H groups in total. The van der Waals surface area contributed by atoms with Crippen LogP contribution in [0, 0.1) is 5.92 Å². The number of methoxy groups -OCH3 is 2. The van der Waals surface area contributed by atoms with Gasteiger partial charge in [-0.1, -0.05) is 0 Å². The Kier molecular flexibility index (Phi) is 3.19. The number of ether oxygens (including phenoxy) is 2. The van der Waals surface area contributed by atoms with Crippen LogP contribution in [0.3, 0.4) is 0 Å². The normalized spacial score (nSPS) is 43.4. The smallest absolute Gasteiger partial charge is 0.313 e. The Labute approximate surface area is 95.3 Å². The lowest BCUT2D eigenvalue weighted by Gasteiger charge is -2.39. The van der Waals surface area contributed by atoms with Gasteiger partial charge in [0.25, 0.3) is 0 Å². The molecule has 0 aromatic rings. The zero-order chi connectivity index (χ0) is 11.9. The van der Waals surface area contributed by atoms with Gasteiger partial charge >= 0.3 is 5.97 Å². The first-order valence-electron chi connectivity index (χ1n) is 5.60. The first-order valence-corrected chi connectivity index (χ1v) is 5.60. The summed E-state index contributed by atoms with van der Waals surface area (Å²) in [6.07, 6.45) is 0.893. The van der Waals surface area contributed by atoms with E-state index in [4.69, 9.17) is 9.47 Å². The quantitative estimate of drug-likeness (QED) is 0.655. The number of rotatable bonds is 2. The van der Waals surface area contributed by atoms with Crippen LogP contribution in [-0.2, 0) is 14.3 Å². The molecule has 2 aliphatic heterocycles. The average Bonchev–Trinajstić information content (AvgIpc) is 2.48. The third-order valence-electron chi connectivity index (χ3n) is 4.00. The molecule has 2 heterocycles. The highest BCUT2D eigenvalue weighted by Crippen LogP contribution is 2.40. The summed E-state index contributed by atoms with van der Waals surface area (Å²) in [7, 11) is 4.99. The summed E-state index contributed by atoms with van der Waals surface area (Å²) in [4.78, 5) is 13.8. The van der Waals surface area contributed by atoms with Crippen LogP contribution >= 0.6 is 0 Å². The molecule has 0 aromatic heterocycles. The number of carbonyl (C=O) groups is 1. The van der Waals surface area contributed by atoms with Gasteiger partial charge in [0, 0.05) is 13.2 Å². The van der Waals surface area contributed by atoms with E-state index in [1.54, 1.807) is 7.11 Å². The number of esters is 1. The number of carbonyl (C=O) groups excluding carboxylic acids is 1. The van der Waals surface area contributed by atoms with Crippen LogP contribution in [0.1, 0.15) is 12.8 Å². The van der Waals surface area contributed by atoms with Gasteiger partial charge in [-0.15, -0.1) is 0 Å². The van der Waals surface area contributed by atoms with Crippen LogP contribution in [0.4, 0.5) is 0 Å². The second-order valence-corrected chi connectivity index (χ2v) is 4.67. The van der Waals surface area contributed by atoms with E-state index in [0.29, 0.717) is 12.5 Å². The number of fused-ring (bicyclic) bond motifs is 2. The van der Waals surface area contributed by atoms with Crippen molar-refractivity contribution in [1.82, 2.24) is 4.90 Å². The predicted molar refractivity (Wildman–Crippen MR) is 56.9 cm³/mol. The lowest BCUT2D eigenvalue weighted by molar-refractivity contribution is -0.158. The topological polar surface area (TPSA) is 59.0 Å². The number of hydrogen-bond acceptors (Lipinski definition) is 5. The largest absolute Gasteiger partial charge is 0.469 e. The minimum atomic E-state index is -0.612. The Morgan fingerprint density at radius 3 is 2.62 bits per heavy atom. The van der Waals surface area contributed by atoms with Crippen molar-refractivity contribution in [3.63, 3.8) is 0 Å². The van der Waals surface area contributed by atoms with E-state index in [-0.39, 0.29) is 18.1 Å². The molecule has 0 amide bonds. The van der Waals surface area contributed by atoms with Crippen molar-refractivity contribution in [1.29, 1.82) is 0 Å². The summed E-state index contributed by atoms with van der Waals surface area (Å²) in [6.45, 7) is 0. The second-order valence-electron chi connectivity index (χ2n) is 4.67. The minimum absolute atomic E-state index is 0.0104. The Hall–Kier alpha value is -0.650. The Bertz CT molecular complexity index is 283. The minimum Gasteiger partial charge on any atom is -0.469 e. The maximum atomic E-state index is 11.7. The molecule has 2 saturated heterocycles. The summed E-state index contributed by atoms with van der Waals surface area (Å²) in [5.74, 6) is -0.828. The highest BCUT2D eigenvalue weighted by Gasteiger charge is 2.53. The van der Waals surface area contributed by atoms with Crippen molar-refractivity contribution in [2.24, 2.45) is 5.92 Å². The number of nitrogens with zero attached hydrogens (tertiary/aromatic N) is 1. The predicted octanol–water partition coefficient (Wildman–Crippen LogP) is -0.372. The van der Waals surface area contributed by atoms with E-state index in [9.17, 15) is 9.90 Å². The lowest BCUT2D eigenvalue weighted by atomic mass is 9.87. The first-order chi connectivity index (χ1) is 7.60. The van der Waals surface area contributed by atoms with Crippen LogP contribution in [0.15, 0.2) is 0 Å². The molecule has 2 rings (SSSR count). The molecule has 16 heavy (non-hydrogen) atoms. The molecule has 0 aliphatic carbocycles. The van der Waals surface area contributed by atoms with Crippen molar-refractivity contribution < 1.29 is 19.4 Å². The van der Waals surface area contributed by atoms with Crippen LogP contribution in [0.2, 0.25) is 0 Å². The molecule has 5 nitrogen and oxygen atoms in total.